The molecule has 1 aromatic carbocycles. The highest BCUT2D eigenvalue weighted by Gasteiger charge is 2.43. The highest BCUT2D eigenvalue weighted by atomic mass is 16.5. The summed E-state index contributed by atoms with van der Waals surface area (Å²) in [5, 5.41) is 19.6. The largest absolute Gasteiger partial charge is 0.481 e. The zero-order chi connectivity index (χ0) is 18.8. The fourth-order valence-electron chi connectivity index (χ4n) is 5.13. The third kappa shape index (κ3) is 4.51. The van der Waals surface area contributed by atoms with Gasteiger partial charge in [0.05, 0.1) is 25.7 Å². The number of morpholine rings is 1. The SMILES string of the molecule is O=C(O)Cc1ccc(CN2C[C@H]3C[C@@H](N4CCOCC4)[C@H](O)C[C@H]3C2)cc1. The normalized spacial score (nSPS) is 32.3. The van der Waals surface area contributed by atoms with E-state index in [1.165, 1.54) is 5.56 Å². The summed E-state index contributed by atoms with van der Waals surface area (Å²) < 4.78 is 5.46. The monoisotopic (exact) mass is 374 g/mol. The van der Waals surface area contributed by atoms with E-state index in [1.807, 2.05) is 24.3 Å². The van der Waals surface area contributed by atoms with Gasteiger partial charge >= 0.3 is 5.97 Å². The minimum atomic E-state index is -0.792. The van der Waals surface area contributed by atoms with Gasteiger partial charge in [-0.15, -0.1) is 0 Å². The maximum atomic E-state index is 10.8. The van der Waals surface area contributed by atoms with Crippen LogP contribution in [0.5, 0.6) is 0 Å². The summed E-state index contributed by atoms with van der Waals surface area (Å²) in [7, 11) is 0. The number of aliphatic hydroxyl groups is 1. The molecule has 0 aromatic heterocycles. The van der Waals surface area contributed by atoms with Crippen molar-refractivity contribution < 1.29 is 19.7 Å². The van der Waals surface area contributed by atoms with E-state index in [1.54, 1.807) is 0 Å². The van der Waals surface area contributed by atoms with Crippen LogP contribution in [0.25, 0.3) is 0 Å². The summed E-state index contributed by atoms with van der Waals surface area (Å²) in [5.41, 5.74) is 2.07. The van der Waals surface area contributed by atoms with Gasteiger partial charge in [-0.3, -0.25) is 14.6 Å². The maximum absolute atomic E-state index is 10.8. The van der Waals surface area contributed by atoms with Crippen LogP contribution in [-0.4, -0.2) is 77.5 Å². The third-order valence-corrected chi connectivity index (χ3v) is 6.48. The van der Waals surface area contributed by atoms with Crippen molar-refractivity contribution >= 4 is 5.97 Å². The Balaban J connectivity index is 1.33. The van der Waals surface area contributed by atoms with Crippen LogP contribution in [-0.2, 0) is 22.5 Å². The van der Waals surface area contributed by atoms with Crippen LogP contribution in [0.3, 0.4) is 0 Å². The molecule has 4 atom stereocenters. The van der Waals surface area contributed by atoms with Gasteiger partial charge < -0.3 is 14.9 Å². The molecule has 1 aliphatic carbocycles. The van der Waals surface area contributed by atoms with E-state index >= 15 is 0 Å². The van der Waals surface area contributed by atoms with Gasteiger partial charge in [0, 0.05) is 38.8 Å². The van der Waals surface area contributed by atoms with E-state index in [4.69, 9.17) is 9.84 Å². The Bertz CT molecular complexity index is 644. The number of aliphatic hydroxyl groups excluding tert-OH is 1. The van der Waals surface area contributed by atoms with Crippen molar-refractivity contribution in [2.75, 3.05) is 39.4 Å². The average molecular weight is 374 g/mol. The number of hydrogen-bond donors (Lipinski definition) is 2. The molecule has 0 radical (unpaired) electrons. The third-order valence-electron chi connectivity index (χ3n) is 6.48. The Kier molecular flexibility index (Phi) is 5.78. The van der Waals surface area contributed by atoms with Gasteiger partial charge in [-0.1, -0.05) is 24.3 Å². The van der Waals surface area contributed by atoms with Gasteiger partial charge in [0.15, 0.2) is 0 Å². The number of likely N-dealkylation sites (tertiary alicyclic amines) is 1. The molecule has 0 spiro atoms. The van der Waals surface area contributed by atoms with Crippen LogP contribution >= 0.6 is 0 Å². The second-order valence-corrected chi connectivity index (χ2v) is 8.36. The Morgan fingerprint density at radius 2 is 1.67 bits per heavy atom. The first-order valence-electron chi connectivity index (χ1n) is 10.1. The second-order valence-electron chi connectivity index (χ2n) is 8.36. The van der Waals surface area contributed by atoms with Gasteiger partial charge in [-0.05, 0) is 35.8 Å². The molecule has 0 amide bonds. The fraction of sp³-hybridized carbons (Fsp3) is 0.667. The number of ether oxygens (including phenoxy) is 1. The van der Waals surface area contributed by atoms with Gasteiger partial charge in [0.25, 0.3) is 0 Å². The van der Waals surface area contributed by atoms with Crippen LogP contribution in [0.1, 0.15) is 24.0 Å². The Morgan fingerprint density at radius 3 is 2.33 bits per heavy atom. The lowest BCUT2D eigenvalue weighted by atomic mass is 9.77. The fourth-order valence-corrected chi connectivity index (χ4v) is 5.13. The van der Waals surface area contributed by atoms with E-state index in [0.717, 1.165) is 64.3 Å². The highest BCUT2D eigenvalue weighted by molar-refractivity contribution is 5.70. The van der Waals surface area contributed by atoms with E-state index in [0.29, 0.717) is 11.8 Å². The number of benzene rings is 1. The zero-order valence-electron chi connectivity index (χ0n) is 15.8. The van der Waals surface area contributed by atoms with E-state index in [9.17, 15) is 9.90 Å². The number of fused-ring (bicyclic) bond motifs is 1. The first-order chi connectivity index (χ1) is 13.1. The van der Waals surface area contributed by atoms with E-state index < -0.39 is 5.97 Å². The van der Waals surface area contributed by atoms with Gasteiger partial charge in [0.2, 0.25) is 0 Å². The molecule has 0 bridgehead atoms. The van der Waals surface area contributed by atoms with Gasteiger partial charge in [0.1, 0.15) is 0 Å². The van der Waals surface area contributed by atoms with Crippen LogP contribution in [0.4, 0.5) is 0 Å². The van der Waals surface area contributed by atoms with Gasteiger partial charge in [-0.25, -0.2) is 0 Å². The topological polar surface area (TPSA) is 73.2 Å². The molecule has 3 aliphatic rings. The molecule has 4 rings (SSSR count). The predicted octanol–water partition coefficient (Wildman–Crippen LogP) is 1.22. The minimum Gasteiger partial charge on any atom is -0.481 e. The maximum Gasteiger partial charge on any atom is 0.307 e. The molecule has 2 saturated heterocycles. The summed E-state index contributed by atoms with van der Waals surface area (Å²) >= 11 is 0. The molecular formula is C21H30N2O4. The lowest BCUT2D eigenvalue weighted by Crippen LogP contribution is -2.53. The molecule has 2 aliphatic heterocycles. The van der Waals surface area contributed by atoms with Crippen molar-refractivity contribution in [3.8, 4) is 0 Å². The first kappa shape index (κ1) is 18.9. The molecule has 148 valence electrons. The van der Waals surface area contributed by atoms with E-state index in [-0.39, 0.29) is 18.6 Å². The summed E-state index contributed by atoms with van der Waals surface area (Å²) in [6.45, 7) is 6.47. The number of hydrogen-bond acceptors (Lipinski definition) is 5. The van der Waals surface area contributed by atoms with Crippen molar-refractivity contribution in [1.29, 1.82) is 0 Å². The summed E-state index contributed by atoms with van der Waals surface area (Å²) in [5.74, 6) is 0.454. The molecule has 2 heterocycles. The average Bonchev–Trinajstić information content (AvgIpc) is 3.04. The van der Waals surface area contributed by atoms with Crippen molar-refractivity contribution in [2.24, 2.45) is 11.8 Å². The molecule has 0 unspecified atom stereocenters. The standard InChI is InChI=1S/C21H30N2O4/c24-20-11-18-14-22(12-16-3-1-15(2-4-16)9-21(25)26)13-17(18)10-19(20)23-5-7-27-8-6-23/h1-4,17-20,24H,5-14H2,(H,25,26)/t17-,18+,19-,20-/m1/s1. The number of carbonyl (C=O) groups is 1. The van der Waals surface area contributed by atoms with Gasteiger partial charge in [-0.2, -0.15) is 0 Å². The molecule has 1 saturated carbocycles. The summed E-state index contributed by atoms with van der Waals surface area (Å²) in [4.78, 5) is 15.7. The lowest BCUT2D eigenvalue weighted by Gasteiger charge is -2.43. The lowest BCUT2D eigenvalue weighted by molar-refractivity contribution is -0.136. The molecular weight excluding hydrogens is 344 g/mol. The Hall–Kier alpha value is -1.47. The molecule has 3 fully saturated rings. The molecule has 1 aromatic rings. The summed E-state index contributed by atoms with van der Waals surface area (Å²) in [6, 6.07) is 8.22. The molecule has 6 heteroatoms. The number of nitrogens with zero attached hydrogens (tertiary/aromatic N) is 2. The predicted molar refractivity (Wildman–Crippen MR) is 101 cm³/mol. The number of rotatable bonds is 5. The first-order valence-corrected chi connectivity index (χ1v) is 10.1. The van der Waals surface area contributed by atoms with Crippen LogP contribution in [0, 0.1) is 11.8 Å². The second kappa shape index (κ2) is 8.27. The van der Waals surface area contributed by atoms with Crippen LogP contribution in [0.15, 0.2) is 24.3 Å². The zero-order valence-corrected chi connectivity index (χ0v) is 15.8. The molecule has 6 nitrogen and oxygen atoms in total. The van der Waals surface area contributed by atoms with Crippen LogP contribution in [0.2, 0.25) is 0 Å². The van der Waals surface area contributed by atoms with Crippen LogP contribution < -0.4 is 0 Å². The molecule has 27 heavy (non-hydrogen) atoms. The Morgan fingerprint density at radius 1 is 1.04 bits per heavy atom. The van der Waals surface area contributed by atoms with Crippen molar-refractivity contribution in [3.63, 3.8) is 0 Å². The summed E-state index contributed by atoms with van der Waals surface area (Å²) in [6.07, 6.45) is 1.84. The van der Waals surface area contributed by atoms with E-state index in [2.05, 4.69) is 9.80 Å². The molecule has 2 N–H and O–H groups in total. The highest BCUT2D eigenvalue weighted by Crippen LogP contribution is 2.38. The van der Waals surface area contributed by atoms with Crippen molar-refractivity contribution in [1.82, 2.24) is 9.80 Å². The quantitative estimate of drug-likeness (QED) is 0.807. The minimum absolute atomic E-state index is 0.0783. The number of aliphatic carboxylic acids is 1. The number of carboxylic acids is 1. The number of carboxylic acid groups (broad SMARTS) is 1. The smallest absolute Gasteiger partial charge is 0.307 e. The van der Waals surface area contributed by atoms with Crippen molar-refractivity contribution in [3.05, 3.63) is 35.4 Å². The van der Waals surface area contributed by atoms with Crippen molar-refractivity contribution in [2.45, 2.75) is 38.0 Å². The Labute approximate surface area is 160 Å².